The van der Waals surface area contributed by atoms with Crippen molar-refractivity contribution in [2.75, 3.05) is 13.1 Å². The van der Waals surface area contributed by atoms with Crippen molar-refractivity contribution in [1.82, 2.24) is 14.9 Å². The first-order chi connectivity index (χ1) is 14.1. The van der Waals surface area contributed by atoms with Crippen molar-refractivity contribution in [1.29, 1.82) is 0 Å². The van der Waals surface area contributed by atoms with Crippen molar-refractivity contribution in [3.05, 3.63) is 94.0 Å². The van der Waals surface area contributed by atoms with E-state index in [0.29, 0.717) is 11.5 Å². The van der Waals surface area contributed by atoms with Crippen LogP contribution in [0.15, 0.2) is 60.9 Å². The highest BCUT2D eigenvalue weighted by Crippen LogP contribution is 2.29. The average molecular weight is 406 g/mol. The number of rotatable bonds is 4. The molecule has 0 spiro atoms. The predicted molar refractivity (Wildman–Crippen MR) is 115 cm³/mol. The molecule has 2 aromatic heterocycles. The normalized spacial score (nSPS) is 14.8. The van der Waals surface area contributed by atoms with E-state index in [9.17, 15) is 4.79 Å². The number of benzene rings is 1. The predicted octanol–water partition coefficient (Wildman–Crippen LogP) is 5.05. The summed E-state index contributed by atoms with van der Waals surface area (Å²) in [4.78, 5) is 23.4. The van der Waals surface area contributed by atoms with E-state index >= 15 is 0 Å². The summed E-state index contributed by atoms with van der Waals surface area (Å²) >= 11 is 6.00. The van der Waals surface area contributed by atoms with Crippen LogP contribution in [0.5, 0.6) is 0 Å². The van der Waals surface area contributed by atoms with Gasteiger partial charge in [-0.05, 0) is 73.7 Å². The summed E-state index contributed by atoms with van der Waals surface area (Å²) in [5, 5.41) is 0.758. The molecule has 0 unspecified atom stereocenters. The third kappa shape index (κ3) is 4.83. The van der Waals surface area contributed by atoms with Gasteiger partial charge in [0.1, 0.15) is 0 Å². The van der Waals surface area contributed by atoms with E-state index in [1.165, 1.54) is 11.1 Å². The van der Waals surface area contributed by atoms with Crippen LogP contribution in [-0.4, -0.2) is 33.9 Å². The van der Waals surface area contributed by atoms with Crippen molar-refractivity contribution in [3.8, 4) is 0 Å². The Morgan fingerprint density at radius 1 is 1.03 bits per heavy atom. The van der Waals surface area contributed by atoms with Crippen LogP contribution < -0.4 is 0 Å². The van der Waals surface area contributed by atoms with Crippen LogP contribution in [0.4, 0.5) is 0 Å². The summed E-state index contributed by atoms with van der Waals surface area (Å²) in [7, 11) is 0. The number of hydrogen-bond donors (Lipinski definition) is 0. The van der Waals surface area contributed by atoms with E-state index in [1.54, 1.807) is 24.5 Å². The molecule has 3 heterocycles. The van der Waals surface area contributed by atoms with Crippen molar-refractivity contribution < 1.29 is 4.79 Å². The molecule has 1 aliphatic heterocycles. The van der Waals surface area contributed by atoms with Gasteiger partial charge < -0.3 is 4.90 Å². The van der Waals surface area contributed by atoms with E-state index in [0.717, 1.165) is 48.8 Å². The maximum Gasteiger partial charge on any atom is 0.253 e. The lowest BCUT2D eigenvalue weighted by Crippen LogP contribution is -2.38. The summed E-state index contributed by atoms with van der Waals surface area (Å²) in [5.41, 5.74) is 5.40. The monoisotopic (exact) mass is 405 g/mol. The number of hydrogen-bond acceptors (Lipinski definition) is 3. The molecule has 0 saturated carbocycles. The molecule has 0 atom stereocenters. The fourth-order valence-electron chi connectivity index (χ4n) is 3.97. The maximum atomic E-state index is 12.7. The molecule has 1 aliphatic rings. The van der Waals surface area contributed by atoms with Gasteiger partial charge in [-0.15, -0.1) is 0 Å². The van der Waals surface area contributed by atoms with Crippen LogP contribution in [0.25, 0.3) is 0 Å². The van der Waals surface area contributed by atoms with Crippen LogP contribution in [-0.2, 0) is 6.42 Å². The van der Waals surface area contributed by atoms with E-state index < -0.39 is 0 Å². The van der Waals surface area contributed by atoms with E-state index in [4.69, 9.17) is 16.6 Å². The van der Waals surface area contributed by atoms with Crippen LogP contribution in [0.3, 0.4) is 0 Å². The molecule has 0 bridgehead atoms. The molecule has 4 nitrogen and oxygen atoms in total. The Bertz CT molecular complexity index is 981. The van der Waals surface area contributed by atoms with Gasteiger partial charge in [-0.25, -0.2) is 0 Å². The van der Waals surface area contributed by atoms with E-state index in [-0.39, 0.29) is 5.91 Å². The largest absolute Gasteiger partial charge is 0.339 e. The molecule has 4 rings (SSSR count). The number of halogens is 1. The maximum absolute atomic E-state index is 12.7. The van der Waals surface area contributed by atoms with E-state index in [1.807, 2.05) is 17.0 Å². The first kappa shape index (κ1) is 19.6. The van der Waals surface area contributed by atoms with Crippen molar-refractivity contribution in [3.63, 3.8) is 0 Å². The Hall–Kier alpha value is -2.72. The lowest BCUT2D eigenvalue weighted by Gasteiger charge is -2.32. The number of pyridine rings is 2. The van der Waals surface area contributed by atoms with Crippen LogP contribution in [0.2, 0.25) is 5.02 Å². The number of nitrogens with zero attached hydrogens (tertiary/aromatic N) is 3. The van der Waals surface area contributed by atoms with Gasteiger partial charge in [0, 0.05) is 53.4 Å². The lowest BCUT2D eigenvalue weighted by atomic mass is 9.91. The number of aryl methyl sites for hydroxylation is 1. The second kappa shape index (κ2) is 8.75. The van der Waals surface area contributed by atoms with E-state index in [2.05, 4.69) is 36.2 Å². The summed E-state index contributed by atoms with van der Waals surface area (Å²) in [6, 6.07) is 15.9. The zero-order valence-corrected chi connectivity index (χ0v) is 17.3. The fourth-order valence-corrected chi connectivity index (χ4v) is 4.10. The molecule has 3 aromatic rings. The molecule has 1 fully saturated rings. The summed E-state index contributed by atoms with van der Waals surface area (Å²) in [5.74, 6) is 0.479. The Kier molecular flexibility index (Phi) is 5.91. The third-order valence-corrected chi connectivity index (χ3v) is 5.73. The van der Waals surface area contributed by atoms with Gasteiger partial charge >= 0.3 is 0 Å². The SMILES string of the molecule is Cc1cc(Cc2ccc(Cl)cc2)cc(C2CCN(C(=O)c3ccncc3)CC2)n1. The first-order valence-corrected chi connectivity index (χ1v) is 10.4. The quantitative estimate of drug-likeness (QED) is 0.610. The van der Waals surface area contributed by atoms with Crippen LogP contribution in [0, 0.1) is 6.92 Å². The fraction of sp³-hybridized carbons (Fsp3) is 0.292. The Labute approximate surface area is 176 Å². The molecule has 148 valence electrons. The lowest BCUT2D eigenvalue weighted by molar-refractivity contribution is 0.0712. The second-order valence-corrected chi connectivity index (χ2v) is 8.08. The number of carbonyl (C=O) groups excluding carboxylic acids is 1. The van der Waals surface area contributed by atoms with Crippen molar-refractivity contribution >= 4 is 17.5 Å². The molecule has 5 heteroatoms. The van der Waals surface area contributed by atoms with Gasteiger partial charge in [0.2, 0.25) is 0 Å². The summed E-state index contributed by atoms with van der Waals surface area (Å²) in [6.45, 7) is 3.57. The Balaban J connectivity index is 1.43. The zero-order chi connectivity index (χ0) is 20.2. The molecule has 1 aromatic carbocycles. The van der Waals surface area contributed by atoms with Gasteiger partial charge in [0.05, 0.1) is 0 Å². The highest BCUT2D eigenvalue weighted by atomic mass is 35.5. The smallest absolute Gasteiger partial charge is 0.253 e. The highest BCUT2D eigenvalue weighted by Gasteiger charge is 2.25. The molecular formula is C24H24ClN3O. The molecular weight excluding hydrogens is 382 g/mol. The van der Waals surface area contributed by atoms with Crippen LogP contribution >= 0.6 is 11.6 Å². The third-order valence-electron chi connectivity index (χ3n) is 5.48. The number of piperidine rings is 1. The second-order valence-electron chi connectivity index (χ2n) is 7.65. The van der Waals surface area contributed by atoms with Gasteiger partial charge in [0.25, 0.3) is 5.91 Å². The highest BCUT2D eigenvalue weighted by molar-refractivity contribution is 6.30. The topological polar surface area (TPSA) is 46.1 Å². The minimum absolute atomic E-state index is 0.0893. The number of amides is 1. The molecule has 0 aliphatic carbocycles. The molecule has 0 radical (unpaired) electrons. The standard InChI is InChI=1S/C24H24ClN3O/c1-17-14-19(15-18-2-4-22(25)5-3-18)16-23(27-17)20-8-12-28(13-9-20)24(29)21-6-10-26-11-7-21/h2-7,10-11,14,16,20H,8-9,12-13,15H2,1H3. The minimum atomic E-state index is 0.0893. The summed E-state index contributed by atoms with van der Waals surface area (Å²) in [6.07, 6.45) is 6.08. The average Bonchev–Trinajstić information content (AvgIpc) is 2.75. The minimum Gasteiger partial charge on any atom is -0.339 e. The van der Waals surface area contributed by atoms with Gasteiger partial charge in [0.15, 0.2) is 0 Å². The van der Waals surface area contributed by atoms with Gasteiger partial charge in [-0.2, -0.15) is 0 Å². The van der Waals surface area contributed by atoms with Crippen LogP contribution in [0.1, 0.15) is 51.6 Å². The molecule has 0 N–H and O–H groups in total. The number of carbonyl (C=O) groups is 1. The Morgan fingerprint density at radius 2 is 1.72 bits per heavy atom. The zero-order valence-electron chi connectivity index (χ0n) is 16.5. The number of likely N-dealkylation sites (tertiary alicyclic amines) is 1. The number of aromatic nitrogens is 2. The molecule has 1 saturated heterocycles. The molecule has 29 heavy (non-hydrogen) atoms. The van der Waals surface area contributed by atoms with Gasteiger partial charge in [-0.3, -0.25) is 14.8 Å². The van der Waals surface area contributed by atoms with Crippen molar-refractivity contribution in [2.24, 2.45) is 0 Å². The molecule has 1 amide bonds. The van der Waals surface area contributed by atoms with Gasteiger partial charge in [-0.1, -0.05) is 23.7 Å². The van der Waals surface area contributed by atoms with Crippen molar-refractivity contribution in [2.45, 2.75) is 32.1 Å². The summed E-state index contributed by atoms with van der Waals surface area (Å²) < 4.78 is 0. The Morgan fingerprint density at radius 3 is 2.41 bits per heavy atom. The first-order valence-electron chi connectivity index (χ1n) is 10.00.